The maximum Gasteiger partial charge on any atom is 0.296 e. The predicted molar refractivity (Wildman–Crippen MR) is 136 cm³/mol. The van der Waals surface area contributed by atoms with E-state index in [0.29, 0.717) is 26.1 Å². The first-order chi connectivity index (χ1) is 17.4. The molecule has 0 bridgehead atoms. The first kappa shape index (κ1) is 25.6. The summed E-state index contributed by atoms with van der Waals surface area (Å²) in [4.78, 5) is 14.4. The van der Waals surface area contributed by atoms with Crippen molar-refractivity contribution in [2.45, 2.75) is 80.3 Å². The van der Waals surface area contributed by atoms with Gasteiger partial charge in [-0.1, -0.05) is 48.0 Å². The van der Waals surface area contributed by atoms with Gasteiger partial charge in [-0.25, -0.2) is 0 Å². The fourth-order valence-corrected chi connectivity index (χ4v) is 7.52. The van der Waals surface area contributed by atoms with Crippen LogP contribution in [0.4, 0.5) is 0 Å². The Labute approximate surface area is 214 Å². The molecule has 0 aromatic heterocycles. The topological polar surface area (TPSA) is 78.9 Å². The Kier molecular flexibility index (Phi) is 7.37. The van der Waals surface area contributed by atoms with Crippen molar-refractivity contribution in [2.75, 3.05) is 19.8 Å². The number of ether oxygens (including phenoxy) is 2. The van der Waals surface area contributed by atoms with Crippen LogP contribution < -0.4 is 0 Å². The van der Waals surface area contributed by atoms with Gasteiger partial charge in [0.15, 0.2) is 11.4 Å². The number of carbonyl (C=O) groups is 1. The van der Waals surface area contributed by atoms with Crippen LogP contribution in [0.25, 0.3) is 0 Å². The van der Waals surface area contributed by atoms with Crippen molar-refractivity contribution in [1.82, 2.24) is 0 Å². The van der Waals surface area contributed by atoms with Gasteiger partial charge in [-0.05, 0) is 81.9 Å². The second kappa shape index (κ2) is 10.4. The molecule has 1 saturated carbocycles. The molecule has 3 aliphatic rings. The molecule has 0 unspecified atom stereocenters. The summed E-state index contributed by atoms with van der Waals surface area (Å²) in [7, 11) is -3.81. The molecule has 2 saturated heterocycles. The van der Waals surface area contributed by atoms with Gasteiger partial charge in [-0.15, -0.1) is 0 Å². The normalized spacial score (nSPS) is 29.2. The largest absolute Gasteiger partial charge is 0.371 e. The van der Waals surface area contributed by atoms with Crippen molar-refractivity contribution < 1.29 is 26.9 Å². The third-order valence-electron chi connectivity index (χ3n) is 8.38. The van der Waals surface area contributed by atoms with Gasteiger partial charge in [-0.2, -0.15) is 8.42 Å². The summed E-state index contributed by atoms with van der Waals surface area (Å²) in [5.41, 5.74) is 0.771. The number of hydrogen-bond donors (Lipinski definition) is 0. The number of benzene rings is 2. The summed E-state index contributed by atoms with van der Waals surface area (Å²) in [5.74, 6) is -0.0339. The van der Waals surface area contributed by atoms with Crippen molar-refractivity contribution in [3.63, 3.8) is 0 Å². The zero-order chi connectivity index (χ0) is 25.2. The van der Waals surface area contributed by atoms with E-state index in [1.54, 1.807) is 24.3 Å². The number of hydrogen-bond acceptors (Lipinski definition) is 6. The van der Waals surface area contributed by atoms with Crippen LogP contribution in [0.3, 0.4) is 0 Å². The first-order valence-corrected chi connectivity index (χ1v) is 14.6. The van der Waals surface area contributed by atoms with Crippen LogP contribution >= 0.6 is 0 Å². The molecule has 5 rings (SSSR count). The van der Waals surface area contributed by atoms with Crippen LogP contribution in [0.5, 0.6) is 0 Å². The van der Waals surface area contributed by atoms with E-state index in [1.165, 1.54) is 0 Å². The van der Waals surface area contributed by atoms with Crippen LogP contribution in [-0.2, 0) is 28.6 Å². The highest BCUT2D eigenvalue weighted by molar-refractivity contribution is 7.86. The molecule has 2 heterocycles. The Morgan fingerprint density at radius 2 is 1.69 bits per heavy atom. The van der Waals surface area contributed by atoms with Gasteiger partial charge in [0.25, 0.3) is 10.1 Å². The van der Waals surface area contributed by atoms with Gasteiger partial charge in [0.1, 0.15) is 5.60 Å². The average Bonchev–Trinajstić information content (AvgIpc) is 3.56. The molecule has 4 atom stereocenters. The highest BCUT2D eigenvalue weighted by Gasteiger charge is 2.65. The van der Waals surface area contributed by atoms with Crippen LogP contribution in [0.15, 0.2) is 59.5 Å². The first-order valence-electron chi connectivity index (χ1n) is 13.2. The number of carbonyl (C=O) groups excluding carboxylic acids is 1. The van der Waals surface area contributed by atoms with E-state index in [4.69, 9.17) is 13.7 Å². The van der Waals surface area contributed by atoms with Crippen LogP contribution in [-0.4, -0.2) is 45.2 Å². The Morgan fingerprint density at radius 1 is 0.972 bits per heavy atom. The molecule has 0 amide bonds. The third-order valence-corrected chi connectivity index (χ3v) is 9.70. The molecule has 2 aromatic rings. The Bertz CT molecular complexity index is 1150. The molecule has 3 fully saturated rings. The fourth-order valence-electron chi connectivity index (χ4n) is 6.58. The molecule has 194 valence electrons. The summed E-state index contributed by atoms with van der Waals surface area (Å²) in [6, 6.07) is 16.8. The van der Waals surface area contributed by atoms with Crippen LogP contribution in [0.1, 0.15) is 68.4 Å². The van der Waals surface area contributed by atoms with Crippen molar-refractivity contribution in [2.24, 2.45) is 5.92 Å². The second-order valence-electron chi connectivity index (χ2n) is 10.5. The smallest absolute Gasteiger partial charge is 0.296 e. The molecule has 2 aliphatic heterocycles. The van der Waals surface area contributed by atoms with Crippen molar-refractivity contribution in [3.05, 3.63) is 65.7 Å². The molecule has 1 aliphatic carbocycles. The van der Waals surface area contributed by atoms with E-state index in [0.717, 1.165) is 49.7 Å². The minimum absolute atomic E-state index is 0.0239. The maximum atomic E-state index is 14.2. The molecule has 6 nitrogen and oxygen atoms in total. The van der Waals surface area contributed by atoms with Crippen LogP contribution in [0.2, 0.25) is 0 Å². The lowest BCUT2D eigenvalue weighted by Gasteiger charge is -2.50. The summed E-state index contributed by atoms with van der Waals surface area (Å²) >= 11 is 0. The minimum atomic E-state index is -3.81. The lowest BCUT2D eigenvalue weighted by Crippen LogP contribution is -2.64. The summed E-state index contributed by atoms with van der Waals surface area (Å²) in [6.45, 7) is 3.28. The van der Waals surface area contributed by atoms with Gasteiger partial charge in [0, 0.05) is 19.1 Å². The quantitative estimate of drug-likeness (QED) is 0.351. The molecular weight excluding hydrogens is 476 g/mol. The second-order valence-corrected chi connectivity index (χ2v) is 12.1. The Hall–Kier alpha value is -2.06. The Balaban J connectivity index is 1.32. The van der Waals surface area contributed by atoms with E-state index in [9.17, 15) is 13.2 Å². The number of ketones is 1. The summed E-state index contributed by atoms with van der Waals surface area (Å²) in [5, 5.41) is 0. The molecule has 0 radical (unpaired) electrons. The predicted octanol–water partition coefficient (Wildman–Crippen LogP) is 5.34. The molecular formula is C29H36O6S. The van der Waals surface area contributed by atoms with Gasteiger partial charge in [0.2, 0.25) is 0 Å². The zero-order valence-corrected chi connectivity index (χ0v) is 21.8. The van der Waals surface area contributed by atoms with Gasteiger partial charge < -0.3 is 9.47 Å². The number of fused-ring (bicyclic) bond motifs is 1. The lowest BCUT2D eigenvalue weighted by molar-refractivity contribution is -0.199. The maximum absolute atomic E-state index is 14.2. The highest BCUT2D eigenvalue weighted by atomic mass is 32.2. The van der Waals surface area contributed by atoms with E-state index in [2.05, 4.69) is 12.1 Å². The molecule has 7 heteroatoms. The minimum Gasteiger partial charge on any atom is -0.371 e. The summed E-state index contributed by atoms with van der Waals surface area (Å²) in [6.07, 6.45) is 6.23. The monoisotopic (exact) mass is 512 g/mol. The summed E-state index contributed by atoms with van der Waals surface area (Å²) < 4.78 is 43.2. The van der Waals surface area contributed by atoms with Crippen molar-refractivity contribution >= 4 is 15.9 Å². The zero-order valence-electron chi connectivity index (χ0n) is 21.0. The van der Waals surface area contributed by atoms with E-state index < -0.39 is 21.3 Å². The van der Waals surface area contributed by atoms with Crippen LogP contribution in [0, 0.1) is 12.8 Å². The van der Waals surface area contributed by atoms with E-state index in [-0.39, 0.29) is 29.1 Å². The number of rotatable bonds is 8. The molecule has 2 spiro atoms. The SMILES string of the molecule is Cc1ccc(S(=O)(=O)OCCC[C@H](c2ccccc2)[C@@H]2CC[C@@]3(CCCO3)[C@@]3(CCCO3)C2=O)cc1. The molecule has 0 N–H and O–H groups in total. The Morgan fingerprint density at radius 3 is 2.36 bits per heavy atom. The van der Waals surface area contributed by atoms with E-state index in [1.807, 2.05) is 25.1 Å². The lowest BCUT2D eigenvalue weighted by atomic mass is 9.60. The van der Waals surface area contributed by atoms with Gasteiger partial charge in [-0.3, -0.25) is 8.98 Å². The number of aryl methyl sites for hydroxylation is 1. The van der Waals surface area contributed by atoms with Crippen molar-refractivity contribution in [1.29, 1.82) is 0 Å². The third kappa shape index (κ3) is 4.67. The fraction of sp³-hybridized carbons (Fsp3) is 0.552. The molecule has 2 aromatic carbocycles. The van der Waals surface area contributed by atoms with Gasteiger partial charge in [0.05, 0.1) is 11.5 Å². The van der Waals surface area contributed by atoms with Gasteiger partial charge >= 0.3 is 0 Å². The van der Waals surface area contributed by atoms with E-state index >= 15 is 0 Å². The average molecular weight is 513 g/mol. The molecule has 36 heavy (non-hydrogen) atoms. The number of Topliss-reactive ketones (excluding diaryl/α,β-unsaturated/α-hetero) is 1. The highest BCUT2D eigenvalue weighted by Crippen LogP contribution is 2.54. The standard InChI is InChI=1S/C29H36O6S/c1-22-11-13-24(14-12-22)36(31,32)35-21-5-10-25(23-8-3-2-4-9-23)26-15-18-28(16-6-19-33-28)29(27(26)30)17-7-20-34-29/h2-4,8-9,11-14,25-26H,5-7,10,15-21H2,1H3/t25-,26+,28+,29-/m1/s1. The van der Waals surface area contributed by atoms with Crippen molar-refractivity contribution in [3.8, 4) is 0 Å².